The molecule has 2 aromatic rings. The molecule has 0 unspecified atom stereocenters. The van der Waals surface area contributed by atoms with Crippen LogP contribution >= 0.6 is 0 Å². The average Bonchev–Trinajstić information content (AvgIpc) is 2.71. The molecule has 0 atom stereocenters. The van der Waals surface area contributed by atoms with Gasteiger partial charge >= 0.3 is 0 Å². The number of carbonyl (C=O) groups is 1. The summed E-state index contributed by atoms with van der Waals surface area (Å²) in [7, 11) is 1.66. The van der Waals surface area contributed by atoms with Gasteiger partial charge in [0.05, 0.1) is 6.20 Å². The lowest BCUT2D eigenvalue weighted by molar-refractivity contribution is 0.0989. The summed E-state index contributed by atoms with van der Waals surface area (Å²) in [4.78, 5) is 13.8. The molecular formula is C13H15FN4O. The summed E-state index contributed by atoms with van der Waals surface area (Å²) in [5, 5.41) is 3.94. The number of hydrogen-bond acceptors (Lipinski definition) is 3. The minimum Gasteiger partial charge on any atom is -0.383 e. The molecule has 0 saturated heterocycles. The highest BCUT2D eigenvalue weighted by Gasteiger charge is 2.21. The van der Waals surface area contributed by atoms with Crippen molar-refractivity contribution in [2.24, 2.45) is 7.05 Å². The number of amides is 1. The maximum atomic E-state index is 13.2. The predicted octanol–water partition coefficient (Wildman–Crippen LogP) is 1.81. The van der Waals surface area contributed by atoms with Crippen LogP contribution in [0.25, 0.3) is 0 Å². The van der Waals surface area contributed by atoms with E-state index in [9.17, 15) is 9.18 Å². The fourth-order valence-corrected chi connectivity index (χ4v) is 1.84. The van der Waals surface area contributed by atoms with Crippen molar-refractivity contribution in [1.82, 2.24) is 9.78 Å². The highest BCUT2D eigenvalue weighted by Crippen LogP contribution is 2.20. The molecular weight excluding hydrogens is 247 g/mol. The molecule has 1 amide bonds. The maximum Gasteiger partial charge on any atom is 0.263 e. The van der Waals surface area contributed by atoms with E-state index in [0.29, 0.717) is 23.6 Å². The third kappa shape index (κ3) is 2.42. The fourth-order valence-electron chi connectivity index (χ4n) is 1.84. The first kappa shape index (κ1) is 13.1. The fraction of sp³-hybridized carbons (Fsp3) is 0.231. The van der Waals surface area contributed by atoms with Gasteiger partial charge in [0.15, 0.2) is 0 Å². The van der Waals surface area contributed by atoms with Crippen molar-refractivity contribution in [3.8, 4) is 0 Å². The van der Waals surface area contributed by atoms with E-state index in [-0.39, 0.29) is 11.7 Å². The summed E-state index contributed by atoms with van der Waals surface area (Å²) in [5.74, 6) is -0.388. The Hall–Kier alpha value is -2.37. The standard InChI is InChI=1S/C13H15FN4O/c1-3-18(10-6-4-5-9(14)7-10)13(19)11-8-16-17(2)12(11)15/h4-8H,3,15H2,1-2H3. The number of benzene rings is 1. The van der Waals surface area contributed by atoms with Gasteiger partial charge in [0.2, 0.25) is 0 Å². The molecule has 1 aromatic carbocycles. The lowest BCUT2D eigenvalue weighted by Crippen LogP contribution is -2.31. The number of carbonyl (C=O) groups excluding carboxylic acids is 1. The molecule has 2 N–H and O–H groups in total. The number of rotatable bonds is 3. The number of nitrogens with zero attached hydrogens (tertiary/aromatic N) is 3. The molecule has 6 heteroatoms. The second-order valence-electron chi connectivity index (χ2n) is 4.10. The number of aryl methyl sites for hydroxylation is 1. The number of nitrogen functional groups attached to an aromatic ring is 1. The van der Waals surface area contributed by atoms with E-state index in [1.807, 2.05) is 6.92 Å². The van der Waals surface area contributed by atoms with Crippen molar-refractivity contribution in [3.63, 3.8) is 0 Å². The Morgan fingerprint density at radius 1 is 1.53 bits per heavy atom. The zero-order valence-electron chi connectivity index (χ0n) is 10.8. The Morgan fingerprint density at radius 2 is 2.26 bits per heavy atom. The third-order valence-corrected chi connectivity index (χ3v) is 2.90. The van der Waals surface area contributed by atoms with E-state index in [4.69, 9.17) is 5.73 Å². The second kappa shape index (κ2) is 5.09. The quantitative estimate of drug-likeness (QED) is 0.917. The molecule has 5 nitrogen and oxygen atoms in total. The van der Waals surface area contributed by atoms with E-state index in [1.165, 1.54) is 27.9 Å². The Balaban J connectivity index is 2.37. The zero-order chi connectivity index (χ0) is 14.0. The Kier molecular flexibility index (Phi) is 3.50. The van der Waals surface area contributed by atoms with Gasteiger partial charge in [-0.3, -0.25) is 9.48 Å². The van der Waals surface area contributed by atoms with Gasteiger partial charge in [-0.25, -0.2) is 4.39 Å². The van der Waals surface area contributed by atoms with E-state index in [2.05, 4.69) is 5.10 Å². The lowest BCUT2D eigenvalue weighted by atomic mass is 10.2. The molecule has 0 radical (unpaired) electrons. The topological polar surface area (TPSA) is 64.2 Å². The summed E-state index contributed by atoms with van der Waals surface area (Å²) in [6, 6.07) is 5.89. The van der Waals surface area contributed by atoms with Crippen molar-refractivity contribution in [2.45, 2.75) is 6.92 Å². The Morgan fingerprint density at radius 3 is 2.79 bits per heavy atom. The minimum atomic E-state index is -0.386. The van der Waals surface area contributed by atoms with E-state index >= 15 is 0 Å². The van der Waals surface area contributed by atoms with Gasteiger partial charge in [0.25, 0.3) is 5.91 Å². The van der Waals surface area contributed by atoms with Gasteiger partial charge in [-0.1, -0.05) is 6.07 Å². The molecule has 1 heterocycles. The summed E-state index contributed by atoms with van der Waals surface area (Å²) in [5.41, 5.74) is 6.59. The van der Waals surface area contributed by atoms with Crippen molar-refractivity contribution in [2.75, 3.05) is 17.2 Å². The molecule has 0 aliphatic rings. The SMILES string of the molecule is CCN(C(=O)c1cnn(C)c1N)c1cccc(F)c1. The van der Waals surface area contributed by atoms with Gasteiger partial charge in [0.1, 0.15) is 17.2 Å². The second-order valence-corrected chi connectivity index (χ2v) is 4.10. The summed E-state index contributed by atoms with van der Waals surface area (Å²) in [6.07, 6.45) is 1.42. The average molecular weight is 262 g/mol. The molecule has 100 valence electrons. The molecule has 0 fully saturated rings. The smallest absolute Gasteiger partial charge is 0.263 e. The van der Waals surface area contributed by atoms with Crippen LogP contribution in [-0.4, -0.2) is 22.2 Å². The van der Waals surface area contributed by atoms with Gasteiger partial charge < -0.3 is 10.6 Å². The van der Waals surface area contributed by atoms with E-state index in [0.717, 1.165) is 0 Å². The van der Waals surface area contributed by atoms with Crippen molar-refractivity contribution in [3.05, 3.63) is 41.8 Å². The number of hydrogen-bond donors (Lipinski definition) is 1. The van der Waals surface area contributed by atoms with Gasteiger partial charge in [-0.05, 0) is 25.1 Å². The van der Waals surface area contributed by atoms with Crippen molar-refractivity contribution in [1.29, 1.82) is 0 Å². The minimum absolute atomic E-state index is 0.292. The molecule has 1 aromatic heterocycles. The van der Waals surface area contributed by atoms with Crippen LogP contribution in [0.5, 0.6) is 0 Å². The highest BCUT2D eigenvalue weighted by atomic mass is 19.1. The van der Waals surface area contributed by atoms with Crippen LogP contribution in [-0.2, 0) is 7.05 Å². The highest BCUT2D eigenvalue weighted by molar-refractivity contribution is 6.08. The largest absolute Gasteiger partial charge is 0.383 e. The number of aromatic nitrogens is 2. The van der Waals surface area contributed by atoms with Crippen LogP contribution in [0.15, 0.2) is 30.5 Å². The third-order valence-electron chi connectivity index (χ3n) is 2.90. The van der Waals surface area contributed by atoms with Gasteiger partial charge in [-0.15, -0.1) is 0 Å². The van der Waals surface area contributed by atoms with Crippen LogP contribution in [0.4, 0.5) is 15.9 Å². The monoisotopic (exact) mass is 262 g/mol. The van der Waals surface area contributed by atoms with Crippen LogP contribution in [0.2, 0.25) is 0 Å². The molecule has 0 aliphatic carbocycles. The van der Waals surface area contributed by atoms with Crippen LogP contribution in [0.3, 0.4) is 0 Å². The van der Waals surface area contributed by atoms with Crippen LogP contribution < -0.4 is 10.6 Å². The Labute approximate surface area is 110 Å². The van der Waals surface area contributed by atoms with Crippen molar-refractivity contribution >= 4 is 17.4 Å². The first-order chi connectivity index (χ1) is 9.04. The van der Waals surface area contributed by atoms with Gasteiger partial charge in [0, 0.05) is 19.3 Å². The number of nitrogens with two attached hydrogens (primary N) is 1. The summed E-state index contributed by atoms with van der Waals surface area (Å²) >= 11 is 0. The number of halogens is 1. The maximum absolute atomic E-state index is 13.2. The molecule has 0 aliphatic heterocycles. The zero-order valence-corrected chi connectivity index (χ0v) is 10.8. The molecule has 0 spiro atoms. The van der Waals surface area contributed by atoms with Gasteiger partial charge in [-0.2, -0.15) is 5.10 Å². The van der Waals surface area contributed by atoms with Crippen molar-refractivity contribution < 1.29 is 9.18 Å². The first-order valence-electron chi connectivity index (χ1n) is 5.89. The summed E-state index contributed by atoms with van der Waals surface area (Å²) in [6.45, 7) is 2.23. The normalized spacial score (nSPS) is 10.5. The number of anilines is 2. The lowest BCUT2D eigenvalue weighted by Gasteiger charge is -2.20. The van der Waals surface area contributed by atoms with Crippen LogP contribution in [0, 0.1) is 5.82 Å². The molecule has 0 saturated carbocycles. The predicted molar refractivity (Wildman–Crippen MR) is 71.4 cm³/mol. The summed E-state index contributed by atoms with van der Waals surface area (Å²) < 4.78 is 14.7. The Bertz CT molecular complexity index is 608. The molecule has 0 bridgehead atoms. The first-order valence-corrected chi connectivity index (χ1v) is 5.89. The van der Waals surface area contributed by atoms with E-state index in [1.54, 1.807) is 19.2 Å². The molecule has 19 heavy (non-hydrogen) atoms. The van der Waals surface area contributed by atoms with E-state index < -0.39 is 0 Å². The van der Waals surface area contributed by atoms with Crippen LogP contribution in [0.1, 0.15) is 17.3 Å². The molecule has 2 rings (SSSR count).